The van der Waals surface area contributed by atoms with E-state index in [0.717, 1.165) is 11.1 Å². The van der Waals surface area contributed by atoms with Gasteiger partial charge in [0.05, 0.1) is 12.2 Å². The number of likely N-dealkylation sites (N-methyl/N-ethyl adjacent to an activating group) is 1. The molecule has 3 heterocycles. The minimum Gasteiger partial charge on any atom is -0.337 e. The van der Waals surface area contributed by atoms with Gasteiger partial charge in [-0.05, 0) is 24.0 Å². The molecule has 0 radical (unpaired) electrons. The second-order valence-electron chi connectivity index (χ2n) is 7.35. The molecular formula is C21H22N6O3. The summed E-state index contributed by atoms with van der Waals surface area (Å²) in [4.78, 5) is 43.0. The highest BCUT2D eigenvalue weighted by atomic mass is 16.2. The van der Waals surface area contributed by atoms with Crippen molar-refractivity contribution >= 4 is 17.5 Å². The van der Waals surface area contributed by atoms with Crippen LogP contribution in [-0.4, -0.2) is 44.2 Å². The summed E-state index contributed by atoms with van der Waals surface area (Å²) in [7, 11) is 3.28. The van der Waals surface area contributed by atoms with Gasteiger partial charge in [0.15, 0.2) is 0 Å². The summed E-state index contributed by atoms with van der Waals surface area (Å²) in [6.07, 6.45) is 4.03. The van der Waals surface area contributed by atoms with Crippen molar-refractivity contribution in [3.63, 3.8) is 0 Å². The first-order valence-corrected chi connectivity index (χ1v) is 9.64. The van der Waals surface area contributed by atoms with Gasteiger partial charge in [-0.3, -0.25) is 14.4 Å². The van der Waals surface area contributed by atoms with E-state index in [1.807, 2.05) is 30.3 Å². The number of nitrogens with zero attached hydrogens (tertiary/aromatic N) is 5. The fourth-order valence-corrected chi connectivity index (χ4v) is 3.53. The minimum atomic E-state index is -0.726. The predicted octanol–water partition coefficient (Wildman–Crippen LogP) is 0.733. The van der Waals surface area contributed by atoms with Gasteiger partial charge in [0.1, 0.15) is 12.4 Å². The van der Waals surface area contributed by atoms with Crippen LogP contribution >= 0.6 is 0 Å². The van der Waals surface area contributed by atoms with Crippen molar-refractivity contribution in [3.8, 4) is 0 Å². The molecule has 1 atom stereocenters. The van der Waals surface area contributed by atoms with E-state index in [0.29, 0.717) is 25.1 Å². The van der Waals surface area contributed by atoms with Crippen molar-refractivity contribution in [2.75, 3.05) is 11.9 Å². The number of anilines is 1. The topological polar surface area (TPSA) is 102 Å². The van der Waals surface area contributed by atoms with Crippen molar-refractivity contribution < 1.29 is 9.59 Å². The predicted molar refractivity (Wildman–Crippen MR) is 110 cm³/mol. The maximum Gasteiger partial charge on any atom is 0.291 e. The summed E-state index contributed by atoms with van der Waals surface area (Å²) in [6.45, 7) is 0.496. The van der Waals surface area contributed by atoms with E-state index in [1.54, 1.807) is 25.0 Å². The lowest BCUT2D eigenvalue weighted by atomic mass is 10.1. The number of carbonyl (C=O) groups is 2. The molecule has 0 aliphatic carbocycles. The molecule has 0 bridgehead atoms. The van der Waals surface area contributed by atoms with Crippen molar-refractivity contribution in [1.82, 2.24) is 24.6 Å². The molecule has 9 nitrogen and oxygen atoms in total. The van der Waals surface area contributed by atoms with Gasteiger partial charge in [0.25, 0.3) is 11.5 Å². The number of aryl methyl sites for hydroxylation is 2. The fourth-order valence-electron chi connectivity index (χ4n) is 3.53. The fraction of sp³-hybridized carbons (Fsp3) is 0.286. The van der Waals surface area contributed by atoms with Gasteiger partial charge in [-0.1, -0.05) is 30.3 Å². The molecule has 3 aromatic rings. The van der Waals surface area contributed by atoms with Crippen LogP contribution in [0.15, 0.2) is 53.7 Å². The highest BCUT2D eigenvalue weighted by Gasteiger charge is 2.30. The second-order valence-corrected chi connectivity index (χ2v) is 7.35. The maximum absolute atomic E-state index is 12.9. The Hall–Kier alpha value is -3.75. The van der Waals surface area contributed by atoms with Crippen LogP contribution in [0.4, 0.5) is 5.69 Å². The van der Waals surface area contributed by atoms with E-state index in [4.69, 9.17) is 0 Å². The van der Waals surface area contributed by atoms with Crippen LogP contribution in [0.2, 0.25) is 0 Å². The van der Waals surface area contributed by atoms with E-state index in [-0.39, 0.29) is 17.3 Å². The second kappa shape index (κ2) is 7.94. The van der Waals surface area contributed by atoms with Crippen molar-refractivity contribution in [2.24, 2.45) is 7.05 Å². The molecule has 1 N–H and O–H groups in total. The first-order chi connectivity index (χ1) is 14.4. The lowest BCUT2D eigenvalue weighted by molar-refractivity contribution is -0.120. The minimum absolute atomic E-state index is 0.0105. The highest BCUT2D eigenvalue weighted by Crippen LogP contribution is 2.24. The van der Waals surface area contributed by atoms with Gasteiger partial charge in [0, 0.05) is 26.4 Å². The first kappa shape index (κ1) is 19.6. The summed E-state index contributed by atoms with van der Waals surface area (Å²) < 4.78 is 3.02. The molecule has 4 rings (SSSR count). The molecule has 0 fully saturated rings. The molecule has 0 saturated heterocycles. The number of rotatable bonds is 4. The number of aromatic nitrogens is 4. The highest BCUT2D eigenvalue weighted by molar-refractivity contribution is 6.01. The number of hydrogen-bond donors (Lipinski definition) is 1. The molecule has 30 heavy (non-hydrogen) atoms. The molecule has 9 heteroatoms. The van der Waals surface area contributed by atoms with Crippen LogP contribution in [0.5, 0.6) is 0 Å². The number of hydrogen-bond acceptors (Lipinski definition) is 5. The van der Waals surface area contributed by atoms with Crippen LogP contribution in [0.1, 0.15) is 28.2 Å². The monoisotopic (exact) mass is 406 g/mol. The van der Waals surface area contributed by atoms with E-state index in [1.165, 1.54) is 21.9 Å². The molecule has 1 aromatic carbocycles. The van der Waals surface area contributed by atoms with Gasteiger partial charge in [-0.2, -0.15) is 0 Å². The molecule has 154 valence electrons. The number of amides is 2. The average Bonchev–Trinajstić information content (AvgIpc) is 3.17. The lowest BCUT2D eigenvalue weighted by Crippen LogP contribution is -2.47. The molecule has 0 unspecified atom stereocenters. The zero-order valence-electron chi connectivity index (χ0n) is 16.8. The van der Waals surface area contributed by atoms with Crippen LogP contribution in [-0.2, 0) is 24.8 Å². The summed E-state index contributed by atoms with van der Waals surface area (Å²) in [6, 6.07) is 10.5. The molecular weight excluding hydrogens is 384 g/mol. The first-order valence-electron chi connectivity index (χ1n) is 9.64. The largest absolute Gasteiger partial charge is 0.337 e. The van der Waals surface area contributed by atoms with Gasteiger partial charge < -0.3 is 14.8 Å². The summed E-state index contributed by atoms with van der Waals surface area (Å²) >= 11 is 0. The van der Waals surface area contributed by atoms with Crippen LogP contribution in [0.25, 0.3) is 0 Å². The number of nitrogens with one attached hydrogen (secondary N) is 1. The Balaban J connectivity index is 1.47. The third-order valence-corrected chi connectivity index (χ3v) is 5.21. The van der Waals surface area contributed by atoms with Crippen LogP contribution < -0.4 is 15.8 Å². The van der Waals surface area contributed by atoms with Gasteiger partial charge in [0.2, 0.25) is 11.7 Å². The number of benzene rings is 1. The summed E-state index contributed by atoms with van der Waals surface area (Å²) in [5, 5.41) is 6.97. The van der Waals surface area contributed by atoms with Gasteiger partial charge in [-0.15, -0.1) is 5.10 Å². The number of carbonyl (C=O) groups excluding carboxylic acids is 2. The normalized spacial score (nSPS) is 16.1. The third-order valence-electron chi connectivity index (χ3n) is 5.21. The molecule has 0 saturated carbocycles. The Bertz CT molecular complexity index is 1150. The van der Waals surface area contributed by atoms with Crippen LogP contribution in [0.3, 0.4) is 0 Å². The molecule has 2 amide bonds. The molecule has 0 spiro atoms. The SMILES string of the molecule is CN1C(=O)[C@H](NC(=O)c2ncn(Cc3ccccc3)n2)CCc2cc(=O)n(C)cc21. The molecule has 1 aliphatic heterocycles. The molecule has 1 aliphatic rings. The van der Waals surface area contributed by atoms with E-state index < -0.39 is 11.9 Å². The average molecular weight is 406 g/mol. The quantitative estimate of drug-likeness (QED) is 0.688. The zero-order valence-corrected chi connectivity index (χ0v) is 16.8. The Kier molecular flexibility index (Phi) is 5.18. The van der Waals surface area contributed by atoms with Crippen molar-refractivity contribution in [3.05, 3.63) is 76.2 Å². The third kappa shape index (κ3) is 3.86. The zero-order chi connectivity index (χ0) is 21.3. The van der Waals surface area contributed by atoms with E-state index in [9.17, 15) is 14.4 Å². The smallest absolute Gasteiger partial charge is 0.291 e. The maximum atomic E-state index is 12.9. The van der Waals surface area contributed by atoms with Gasteiger partial charge >= 0.3 is 0 Å². The Morgan fingerprint density at radius 3 is 2.73 bits per heavy atom. The summed E-state index contributed by atoms with van der Waals surface area (Å²) in [5.41, 5.74) is 2.36. The lowest BCUT2D eigenvalue weighted by Gasteiger charge is -2.22. The standard InChI is InChI=1S/C21H22N6O3/c1-25-12-17-15(10-18(25)28)8-9-16(21(30)26(17)2)23-20(29)19-22-13-27(24-19)11-14-6-4-3-5-7-14/h3-7,10,12-13,16H,8-9,11H2,1-2H3,(H,23,29)/t16-/m1/s1. The summed E-state index contributed by atoms with van der Waals surface area (Å²) in [5.74, 6) is -0.740. The Morgan fingerprint density at radius 1 is 1.20 bits per heavy atom. The Morgan fingerprint density at radius 2 is 1.97 bits per heavy atom. The number of fused-ring (bicyclic) bond motifs is 1. The molecule has 2 aromatic heterocycles. The Labute approximate surface area is 173 Å². The van der Waals surface area contributed by atoms with Gasteiger partial charge in [-0.25, -0.2) is 9.67 Å². The van der Waals surface area contributed by atoms with Crippen molar-refractivity contribution in [1.29, 1.82) is 0 Å². The van der Waals surface area contributed by atoms with Crippen LogP contribution in [0, 0.1) is 0 Å². The van der Waals surface area contributed by atoms with Crippen molar-refractivity contribution in [2.45, 2.75) is 25.4 Å². The number of pyridine rings is 1. The van der Waals surface area contributed by atoms with E-state index >= 15 is 0 Å². The van der Waals surface area contributed by atoms with E-state index in [2.05, 4.69) is 15.4 Å².